The van der Waals surface area contributed by atoms with Crippen LogP contribution in [0.1, 0.15) is 6.92 Å². The minimum Gasteiger partial charge on any atom is -0.377 e. The smallest absolute Gasteiger partial charge is 0.377 e. The molecule has 9 heavy (non-hydrogen) atoms. The van der Waals surface area contributed by atoms with E-state index in [1.54, 1.807) is 0 Å². The van der Waals surface area contributed by atoms with Crippen molar-refractivity contribution in [2.75, 3.05) is 6.61 Å². The third-order valence-electron chi connectivity index (χ3n) is 0.482. The standard InChI is InChI=1S/C4H7Cl3OSi/c1-4(2)3-8-9(5,6)7/h1,3H2,2H3. The maximum absolute atomic E-state index is 5.38. The average Bonchev–Trinajstić information content (AvgIpc) is 1.59. The van der Waals surface area contributed by atoms with E-state index in [1.165, 1.54) is 0 Å². The molecule has 0 radical (unpaired) electrons. The first kappa shape index (κ1) is 9.79. The molecule has 0 aliphatic rings. The highest BCUT2D eigenvalue weighted by Gasteiger charge is 2.26. The van der Waals surface area contributed by atoms with Gasteiger partial charge in [-0.05, 0) is 6.92 Å². The van der Waals surface area contributed by atoms with Gasteiger partial charge in [0.1, 0.15) is 0 Å². The summed E-state index contributed by atoms with van der Waals surface area (Å²) in [5.74, 6) is 0. The Kier molecular flexibility index (Phi) is 4.17. The highest BCUT2D eigenvalue weighted by Crippen LogP contribution is 2.21. The zero-order valence-corrected chi connectivity index (χ0v) is 8.22. The summed E-state index contributed by atoms with van der Waals surface area (Å²) in [6.45, 7) is 5.73. The molecule has 1 nitrogen and oxygen atoms in total. The highest BCUT2D eigenvalue weighted by atomic mass is 35.8. The molecule has 0 aliphatic heterocycles. The molecule has 0 rings (SSSR count). The second-order valence-corrected chi connectivity index (χ2v) is 9.40. The van der Waals surface area contributed by atoms with E-state index in [2.05, 4.69) is 6.58 Å². The van der Waals surface area contributed by atoms with Gasteiger partial charge in [-0.15, -0.1) is 0 Å². The molecule has 0 saturated heterocycles. The molecule has 0 unspecified atom stereocenters. The lowest BCUT2D eigenvalue weighted by Gasteiger charge is -2.07. The maximum atomic E-state index is 5.38. The summed E-state index contributed by atoms with van der Waals surface area (Å²) in [7, 11) is 0. The van der Waals surface area contributed by atoms with Gasteiger partial charge in [-0.3, -0.25) is 0 Å². The quantitative estimate of drug-likeness (QED) is 0.391. The largest absolute Gasteiger partial charge is 0.494 e. The third kappa shape index (κ3) is 8.79. The van der Waals surface area contributed by atoms with E-state index < -0.39 is 6.25 Å². The van der Waals surface area contributed by atoms with Crippen LogP contribution in [-0.4, -0.2) is 12.9 Å². The van der Waals surface area contributed by atoms with E-state index in [1.807, 2.05) is 6.92 Å². The summed E-state index contributed by atoms with van der Waals surface area (Å²) in [6, 6.07) is 0. The van der Waals surface area contributed by atoms with Crippen LogP contribution in [0.25, 0.3) is 0 Å². The van der Waals surface area contributed by atoms with Crippen molar-refractivity contribution in [1.82, 2.24) is 0 Å². The van der Waals surface area contributed by atoms with Crippen molar-refractivity contribution in [2.45, 2.75) is 6.92 Å². The van der Waals surface area contributed by atoms with E-state index in [4.69, 9.17) is 37.7 Å². The fourth-order valence-electron chi connectivity index (χ4n) is 0.205. The predicted octanol–water partition coefficient (Wildman–Crippen LogP) is 2.73. The van der Waals surface area contributed by atoms with Gasteiger partial charge in [-0.2, -0.15) is 0 Å². The number of rotatable bonds is 3. The number of halogens is 3. The molecule has 0 atom stereocenters. The third-order valence-corrected chi connectivity index (χ3v) is 1.94. The van der Waals surface area contributed by atoms with Crippen LogP contribution in [0.15, 0.2) is 12.2 Å². The molecule has 5 heteroatoms. The molecule has 0 amide bonds. The Bertz CT molecular complexity index is 109. The van der Waals surface area contributed by atoms with Crippen molar-refractivity contribution < 1.29 is 4.43 Å². The SMILES string of the molecule is C=C(C)CO[Si](Cl)(Cl)Cl. The van der Waals surface area contributed by atoms with Crippen LogP contribution in [0.2, 0.25) is 0 Å². The van der Waals surface area contributed by atoms with E-state index in [-0.39, 0.29) is 0 Å². The minimum atomic E-state index is -2.86. The van der Waals surface area contributed by atoms with E-state index in [0.717, 1.165) is 5.57 Å². The second-order valence-electron chi connectivity index (χ2n) is 1.69. The van der Waals surface area contributed by atoms with E-state index >= 15 is 0 Å². The lowest BCUT2D eigenvalue weighted by atomic mass is 10.4. The van der Waals surface area contributed by atoms with Crippen molar-refractivity contribution in [3.8, 4) is 0 Å². The van der Waals surface area contributed by atoms with Crippen molar-refractivity contribution >= 4 is 39.5 Å². The van der Waals surface area contributed by atoms with Crippen LogP contribution in [-0.2, 0) is 4.43 Å². The summed E-state index contributed by atoms with van der Waals surface area (Å²) >= 11 is 16.2. The van der Waals surface area contributed by atoms with Gasteiger partial charge in [-0.1, -0.05) is 45.4 Å². The molecule has 0 N–H and O–H groups in total. The first-order valence-electron chi connectivity index (χ1n) is 2.27. The normalized spacial score (nSPS) is 11.6. The molecule has 0 heterocycles. The zero-order valence-electron chi connectivity index (χ0n) is 4.96. The van der Waals surface area contributed by atoms with Crippen molar-refractivity contribution in [1.29, 1.82) is 0 Å². The first-order valence-corrected chi connectivity index (χ1v) is 7.21. The van der Waals surface area contributed by atoms with Gasteiger partial charge in [-0.25, -0.2) is 0 Å². The Hall–Kier alpha value is 0.787. The first-order chi connectivity index (χ1) is 3.92. The Morgan fingerprint density at radius 1 is 1.56 bits per heavy atom. The van der Waals surface area contributed by atoms with Crippen LogP contribution >= 0.6 is 33.2 Å². The molecule has 0 fully saturated rings. The van der Waals surface area contributed by atoms with Crippen molar-refractivity contribution in [3.63, 3.8) is 0 Å². The molecule has 0 aromatic heterocycles. The monoisotopic (exact) mass is 204 g/mol. The minimum absolute atomic E-state index is 0.336. The molecular formula is C4H7Cl3OSi. The Morgan fingerprint density at radius 3 is 2.11 bits per heavy atom. The van der Waals surface area contributed by atoms with Gasteiger partial charge < -0.3 is 4.43 Å². The van der Waals surface area contributed by atoms with E-state index in [0.29, 0.717) is 6.61 Å². The van der Waals surface area contributed by atoms with Crippen LogP contribution < -0.4 is 0 Å². The highest BCUT2D eigenvalue weighted by molar-refractivity contribution is 7.62. The second kappa shape index (κ2) is 3.83. The number of hydrogen-bond acceptors (Lipinski definition) is 1. The van der Waals surface area contributed by atoms with E-state index in [9.17, 15) is 0 Å². The van der Waals surface area contributed by atoms with Gasteiger partial charge in [0, 0.05) is 0 Å². The Labute approximate surface area is 69.8 Å². The fraction of sp³-hybridized carbons (Fsp3) is 0.500. The van der Waals surface area contributed by atoms with Gasteiger partial charge >= 0.3 is 6.25 Å². The number of hydrogen-bond donors (Lipinski definition) is 0. The Morgan fingerprint density at radius 2 is 2.00 bits per heavy atom. The topological polar surface area (TPSA) is 9.23 Å². The van der Waals surface area contributed by atoms with Crippen LogP contribution in [0.4, 0.5) is 0 Å². The average molecular weight is 206 g/mol. The molecular weight excluding hydrogens is 198 g/mol. The van der Waals surface area contributed by atoms with Crippen LogP contribution in [0.3, 0.4) is 0 Å². The molecule has 0 aliphatic carbocycles. The molecule has 0 aromatic carbocycles. The lowest BCUT2D eigenvalue weighted by Crippen LogP contribution is -2.16. The molecule has 0 spiro atoms. The van der Waals surface area contributed by atoms with Crippen LogP contribution in [0.5, 0.6) is 0 Å². The summed E-state index contributed by atoms with van der Waals surface area (Å²) in [6.07, 6.45) is -2.86. The molecule has 54 valence electrons. The Balaban J connectivity index is 3.39. The summed E-state index contributed by atoms with van der Waals surface area (Å²) in [5.41, 5.74) is 0.855. The lowest BCUT2D eigenvalue weighted by molar-refractivity contribution is 0.374. The van der Waals surface area contributed by atoms with Crippen molar-refractivity contribution in [3.05, 3.63) is 12.2 Å². The summed E-state index contributed by atoms with van der Waals surface area (Å²) < 4.78 is 4.83. The van der Waals surface area contributed by atoms with Gasteiger partial charge in [0.2, 0.25) is 0 Å². The maximum Gasteiger partial charge on any atom is 0.494 e. The van der Waals surface area contributed by atoms with Gasteiger partial charge in [0.15, 0.2) is 0 Å². The summed E-state index contributed by atoms with van der Waals surface area (Å²) in [4.78, 5) is 0. The van der Waals surface area contributed by atoms with Crippen LogP contribution in [0, 0.1) is 0 Å². The van der Waals surface area contributed by atoms with Crippen molar-refractivity contribution in [2.24, 2.45) is 0 Å². The molecule has 0 saturated carbocycles. The fourth-order valence-corrected chi connectivity index (χ4v) is 1.11. The van der Waals surface area contributed by atoms with Gasteiger partial charge in [0.25, 0.3) is 0 Å². The zero-order chi connectivity index (χ0) is 7.49. The molecule has 0 aromatic rings. The predicted molar refractivity (Wildman–Crippen MR) is 44.1 cm³/mol. The summed E-state index contributed by atoms with van der Waals surface area (Å²) in [5, 5.41) is 0. The molecule has 0 bridgehead atoms. The van der Waals surface area contributed by atoms with Gasteiger partial charge in [0.05, 0.1) is 6.61 Å².